The maximum atomic E-state index is 5.20. The number of hydrogen-bond donors (Lipinski definition) is 0. The van der Waals surface area contributed by atoms with Gasteiger partial charge in [0.25, 0.3) is 0 Å². The molecule has 40 heavy (non-hydrogen) atoms. The monoisotopic (exact) mass is 695 g/mol. The van der Waals surface area contributed by atoms with Crippen LogP contribution in [0.3, 0.4) is 0 Å². The molecule has 3 heteroatoms. The molecule has 0 radical (unpaired) electrons. The van der Waals surface area contributed by atoms with E-state index >= 15 is 0 Å². The number of hydrogen-bond acceptors (Lipinski definition) is 2. The quantitative estimate of drug-likeness (QED) is 0.163. The second-order valence-corrected chi connectivity index (χ2v) is 10.2. The van der Waals surface area contributed by atoms with E-state index in [-0.39, 0.29) is 21.1 Å². The summed E-state index contributed by atoms with van der Waals surface area (Å²) in [5.74, 6) is 0. The van der Waals surface area contributed by atoms with Crippen molar-refractivity contribution in [1.82, 2.24) is 9.97 Å². The molecule has 6 aromatic rings. The first-order chi connectivity index (χ1) is 19.1. The molecule has 0 aliphatic heterocycles. The van der Waals surface area contributed by atoms with E-state index in [2.05, 4.69) is 111 Å². The minimum Gasteiger partial charge on any atom is -0.300 e. The summed E-state index contributed by atoms with van der Waals surface area (Å²) in [5.41, 5.74) is 9.71. The Labute approximate surface area is 251 Å². The molecule has 0 aliphatic rings. The van der Waals surface area contributed by atoms with Crippen LogP contribution in [0.25, 0.3) is 44.8 Å². The molecule has 0 saturated heterocycles. The Kier molecular flexibility index (Phi) is 8.19. The molecule has 0 amide bonds. The van der Waals surface area contributed by atoms with Crippen LogP contribution in [-0.2, 0) is 26.5 Å². The number of rotatable bonds is 6. The summed E-state index contributed by atoms with van der Waals surface area (Å²) in [4.78, 5) is 10.4. The fourth-order valence-corrected chi connectivity index (χ4v) is 4.81. The van der Waals surface area contributed by atoms with Gasteiger partial charge in [0.2, 0.25) is 0 Å². The number of nitrogens with zero attached hydrogens (tertiary/aromatic N) is 2. The van der Waals surface area contributed by atoms with E-state index in [1.165, 1.54) is 0 Å². The predicted molar refractivity (Wildman–Crippen MR) is 160 cm³/mol. The molecule has 2 nitrogen and oxygen atoms in total. The molecule has 0 N–H and O–H groups in total. The van der Waals surface area contributed by atoms with Crippen molar-refractivity contribution >= 4 is 0 Å². The van der Waals surface area contributed by atoms with E-state index in [1.54, 1.807) is 0 Å². The van der Waals surface area contributed by atoms with Gasteiger partial charge in [0.05, 0.1) is 0 Å². The third-order valence-corrected chi connectivity index (χ3v) is 7.12. The third-order valence-electron chi connectivity index (χ3n) is 7.12. The van der Waals surface area contributed by atoms with Crippen molar-refractivity contribution in [2.45, 2.75) is 19.3 Å². The Bertz CT molecular complexity index is 1450. The van der Waals surface area contributed by atoms with Crippen LogP contribution in [0, 0.1) is 12.1 Å². The van der Waals surface area contributed by atoms with Gasteiger partial charge in [-0.05, 0) is 59.6 Å². The van der Waals surface area contributed by atoms with Gasteiger partial charge in [0, 0.05) is 16.8 Å². The summed E-state index contributed by atoms with van der Waals surface area (Å²) < 4.78 is 0. The topological polar surface area (TPSA) is 25.8 Å². The van der Waals surface area contributed by atoms with Crippen molar-refractivity contribution in [2.75, 3.05) is 0 Å². The standard InChI is InChI=1S/C37H28N2.Pt/c1-37(2,35-25-31(27-15-7-3-8-16-27)23-33(38-35)29-19-11-5-12-20-29)36-26-32(28-17-9-4-10-18-28)24-34(39-36)30-21-13-6-14-22-30;/h3-19,21,23-26H,1-2H3;/q-2;+2. The first-order valence-electron chi connectivity index (χ1n) is 13.2. The van der Waals surface area contributed by atoms with Crippen molar-refractivity contribution in [2.24, 2.45) is 0 Å². The molecule has 0 saturated carbocycles. The number of benzene rings is 4. The molecule has 0 atom stereocenters. The van der Waals surface area contributed by atoms with Gasteiger partial charge < -0.3 is 9.97 Å². The van der Waals surface area contributed by atoms with Crippen LogP contribution >= 0.6 is 0 Å². The molecule has 4 aromatic carbocycles. The van der Waals surface area contributed by atoms with Crippen LogP contribution in [0.1, 0.15) is 25.2 Å². The third kappa shape index (κ3) is 5.74. The van der Waals surface area contributed by atoms with Crippen molar-refractivity contribution in [3.8, 4) is 44.8 Å². The predicted octanol–water partition coefficient (Wildman–Crippen LogP) is 9.07. The molecule has 196 valence electrons. The van der Waals surface area contributed by atoms with Crippen molar-refractivity contribution < 1.29 is 21.1 Å². The van der Waals surface area contributed by atoms with Crippen LogP contribution in [0.5, 0.6) is 0 Å². The maximum absolute atomic E-state index is 5.20. The first-order valence-corrected chi connectivity index (χ1v) is 13.2. The van der Waals surface area contributed by atoms with Gasteiger partial charge in [-0.25, -0.2) is 0 Å². The van der Waals surface area contributed by atoms with Gasteiger partial charge >= 0.3 is 21.1 Å². The Hall–Kier alpha value is -4.13. The SMILES string of the molecule is CC(C)(c1cc(-c2ccccc2)cc(-c2[c-]cccc2)n1)c1cc(-c2ccccc2)cc(-c2[c-]cccc2)n1.[Pt+2]. The molecule has 2 heterocycles. The zero-order chi connectivity index (χ0) is 26.7. The van der Waals surface area contributed by atoms with Crippen molar-refractivity contribution in [3.63, 3.8) is 0 Å². The van der Waals surface area contributed by atoms with E-state index in [9.17, 15) is 0 Å². The zero-order valence-electron chi connectivity index (χ0n) is 22.4. The van der Waals surface area contributed by atoms with Gasteiger partial charge in [-0.3, -0.25) is 0 Å². The smallest absolute Gasteiger partial charge is 0.300 e. The van der Waals surface area contributed by atoms with E-state index in [0.717, 1.165) is 56.2 Å². The Morgan fingerprint density at radius 2 is 0.875 bits per heavy atom. The molecule has 0 spiro atoms. The van der Waals surface area contributed by atoms with Crippen LogP contribution in [0.4, 0.5) is 0 Å². The number of pyridine rings is 2. The summed E-state index contributed by atoms with van der Waals surface area (Å²) in [5, 5.41) is 0. The molecular formula is C37H28N2Pt. The normalized spacial score (nSPS) is 11.1. The Balaban J connectivity index is 0.00000323. The summed E-state index contributed by atoms with van der Waals surface area (Å²) in [7, 11) is 0. The molecular weight excluding hydrogens is 667 g/mol. The van der Waals surface area contributed by atoms with Crippen LogP contribution in [0.15, 0.2) is 133 Å². The van der Waals surface area contributed by atoms with E-state index < -0.39 is 5.41 Å². The van der Waals surface area contributed by atoms with Crippen molar-refractivity contribution in [3.05, 3.63) is 157 Å². The second kappa shape index (κ2) is 11.9. The van der Waals surface area contributed by atoms with Crippen LogP contribution < -0.4 is 0 Å². The first kappa shape index (κ1) is 27.4. The van der Waals surface area contributed by atoms with Gasteiger partial charge in [-0.1, -0.05) is 72.8 Å². The zero-order valence-corrected chi connectivity index (χ0v) is 24.7. The minimum absolute atomic E-state index is 0. The van der Waals surface area contributed by atoms with Crippen molar-refractivity contribution in [1.29, 1.82) is 0 Å². The van der Waals surface area contributed by atoms with Gasteiger partial charge in [-0.2, -0.15) is 0 Å². The minimum atomic E-state index is -0.483. The van der Waals surface area contributed by atoms with E-state index in [4.69, 9.17) is 9.97 Å². The largest absolute Gasteiger partial charge is 2.00 e. The van der Waals surface area contributed by atoms with Gasteiger partial charge in [-0.15, -0.1) is 71.8 Å². The molecule has 0 aliphatic carbocycles. The summed E-state index contributed by atoms with van der Waals surface area (Å²) in [6.07, 6.45) is 0. The molecule has 0 fully saturated rings. The average Bonchev–Trinajstić information content (AvgIpc) is 3.02. The Morgan fingerprint density at radius 1 is 0.475 bits per heavy atom. The molecule has 2 aromatic heterocycles. The van der Waals surface area contributed by atoms with Crippen LogP contribution in [0.2, 0.25) is 0 Å². The van der Waals surface area contributed by atoms with E-state index in [0.29, 0.717) is 0 Å². The Morgan fingerprint density at radius 3 is 1.25 bits per heavy atom. The summed E-state index contributed by atoms with van der Waals surface area (Å²) in [6.45, 7) is 4.41. The average molecular weight is 696 g/mol. The maximum Gasteiger partial charge on any atom is 2.00 e. The van der Waals surface area contributed by atoms with Gasteiger partial charge in [0.15, 0.2) is 0 Å². The number of aromatic nitrogens is 2. The fraction of sp³-hybridized carbons (Fsp3) is 0.0811. The summed E-state index contributed by atoms with van der Waals surface area (Å²) >= 11 is 0. The molecule has 0 bridgehead atoms. The van der Waals surface area contributed by atoms with Gasteiger partial charge in [0.1, 0.15) is 0 Å². The second-order valence-electron chi connectivity index (χ2n) is 10.2. The fourth-order valence-electron chi connectivity index (χ4n) is 4.81. The van der Waals surface area contributed by atoms with Crippen LogP contribution in [-0.4, -0.2) is 9.97 Å². The molecule has 0 unspecified atom stereocenters. The molecule has 6 rings (SSSR count). The summed E-state index contributed by atoms with van der Waals surface area (Å²) in [6, 6.07) is 52.4. The van der Waals surface area contributed by atoms with E-state index in [1.807, 2.05) is 48.5 Å².